The summed E-state index contributed by atoms with van der Waals surface area (Å²) in [6, 6.07) is 12.8. The largest absolute Gasteiger partial charge is 0.356 e. The Morgan fingerprint density at radius 2 is 2.07 bits per heavy atom. The number of nitrogens with zero attached hydrogens (tertiary/aromatic N) is 1. The van der Waals surface area contributed by atoms with E-state index in [9.17, 15) is 9.18 Å². The molecule has 8 heteroatoms. The van der Waals surface area contributed by atoms with Crippen LogP contribution in [0.4, 0.5) is 10.1 Å². The molecular weight excluding hydrogens is 538 g/mol. The zero-order valence-corrected chi connectivity index (χ0v) is 19.4. The first-order valence-corrected chi connectivity index (χ1v) is 9.63. The topological polar surface area (TPSA) is 65.5 Å². The zero-order chi connectivity index (χ0) is 19.2. The van der Waals surface area contributed by atoms with Crippen LogP contribution in [0.2, 0.25) is 0 Å². The lowest BCUT2D eigenvalue weighted by Gasteiger charge is -2.26. The summed E-state index contributed by atoms with van der Waals surface area (Å²) in [4.78, 5) is 16.1. The first-order valence-electron chi connectivity index (χ1n) is 8.84. The van der Waals surface area contributed by atoms with Crippen LogP contribution in [0.15, 0.2) is 51.9 Å². The molecule has 28 heavy (non-hydrogen) atoms. The Bertz CT molecular complexity index is 862. The molecule has 1 aliphatic rings. The number of guanidine groups is 1. The fraction of sp³-hybridized carbons (Fsp3) is 0.300. The molecule has 0 spiro atoms. The highest BCUT2D eigenvalue weighted by molar-refractivity contribution is 14.0. The van der Waals surface area contributed by atoms with Gasteiger partial charge in [-0.25, -0.2) is 4.39 Å². The van der Waals surface area contributed by atoms with Crippen molar-refractivity contribution in [2.24, 2.45) is 4.99 Å². The standard InChI is InChI=1S/C20H22BrFN4O.HI/c1-23-20(24-9-8-13-10-15(21)6-7-17(13)22)25-12-14-11-19(27)26-18-5-3-2-4-16(14)18;/h2-7,10,14H,8-9,11-12H2,1H3,(H,26,27)(H2,23,24,25);1H. The Morgan fingerprint density at radius 1 is 1.29 bits per heavy atom. The molecule has 0 radical (unpaired) electrons. The highest BCUT2D eigenvalue weighted by Crippen LogP contribution is 2.31. The Labute approximate surface area is 189 Å². The zero-order valence-electron chi connectivity index (χ0n) is 15.5. The van der Waals surface area contributed by atoms with Gasteiger partial charge in [0.05, 0.1) is 0 Å². The molecule has 5 nitrogen and oxygen atoms in total. The minimum Gasteiger partial charge on any atom is -0.356 e. The molecule has 1 heterocycles. The lowest BCUT2D eigenvalue weighted by molar-refractivity contribution is -0.116. The van der Waals surface area contributed by atoms with Crippen molar-refractivity contribution >= 4 is 57.5 Å². The second-order valence-corrected chi connectivity index (χ2v) is 7.32. The van der Waals surface area contributed by atoms with Crippen LogP contribution in [0.3, 0.4) is 0 Å². The molecule has 3 N–H and O–H groups in total. The van der Waals surface area contributed by atoms with E-state index in [1.165, 1.54) is 6.07 Å². The third-order valence-electron chi connectivity index (χ3n) is 4.54. The summed E-state index contributed by atoms with van der Waals surface area (Å²) in [7, 11) is 1.69. The lowest BCUT2D eigenvalue weighted by Crippen LogP contribution is -2.41. The molecule has 0 aliphatic carbocycles. The SMILES string of the molecule is CN=C(NCCc1cc(Br)ccc1F)NCC1CC(=O)Nc2ccccc21.I. The molecule has 1 unspecified atom stereocenters. The predicted molar refractivity (Wildman–Crippen MR) is 125 cm³/mol. The molecule has 0 saturated heterocycles. The molecule has 2 aromatic carbocycles. The second kappa shape index (κ2) is 10.8. The summed E-state index contributed by atoms with van der Waals surface area (Å²) in [6.45, 7) is 1.14. The number of hydrogen-bond acceptors (Lipinski definition) is 2. The Kier molecular flexibility index (Phi) is 8.68. The average Bonchev–Trinajstić information content (AvgIpc) is 2.66. The Hall–Kier alpha value is -1.68. The summed E-state index contributed by atoms with van der Waals surface area (Å²) in [5.74, 6) is 0.520. The van der Waals surface area contributed by atoms with Crippen LogP contribution < -0.4 is 16.0 Å². The molecule has 1 amide bonds. The smallest absolute Gasteiger partial charge is 0.225 e. The monoisotopic (exact) mass is 560 g/mol. The minimum atomic E-state index is -0.215. The van der Waals surface area contributed by atoms with Crippen molar-refractivity contribution in [3.8, 4) is 0 Å². The van der Waals surface area contributed by atoms with Crippen LogP contribution >= 0.6 is 39.9 Å². The number of amides is 1. The van der Waals surface area contributed by atoms with Crippen molar-refractivity contribution in [2.45, 2.75) is 18.8 Å². The number of benzene rings is 2. The van der Waals surface area contributed by atoms with Gasteiger partial charge in [0.25, 0.3) is 0 Å². The molecule has 0 bridgehead atoms. The molecular formula is C20H23BrFIN4O. The number of hydrogen-bond donors (Lipinski definition) is 3. The van der Waals surface area contributed by atoms with Crippen LogP contribution in [0, 0.1) is 5.82 Å². The van der Waals surface area contributed by atoms with E-state index < -0.39 is 0 Å². The van der Waals surface area contributed by atoms with E-state index in [1.54, 1.807) is 19.2 Å². The first kappa shape index (κ1) is 22.6. The predicted octanol–water partition coefficient (Wildman–Crippen LogP) is 4.04. The quantitative estimate of drug-likeness (QED) is 0.294. The number of rotatable bonds is 5. The maximum Gasteiger partial charge on any atom is 0.225 e. The molecule has 2 aromatic rings. The van der Waals surface area contributed by atoms with Crippen LogP contribution in [-0.4, -0.2) is 32.0 Å². The molecule has 0 aromatic heterocycles. The minimum absolute atomic E-state index is 0. The van der Waals surface area contributed by atoms with Gasteiger partial charge < -0.3 is 16.0 Å². The molecule has 0 fully saturated rings. The van der Waals surface area contributed by atoms with Crippen molar-refractivity contribution < 1.29 is 9.18 Å². The summed E-state index contributed by atoms with van der Waals surface area (Å²) in [5, 5.41) is 9.37. The first-order chi connectivity index (χ1) is 13.1. The van der Waals surface area contributed by atoms with Crippen molar-refractivity contribution in [3.05, 3.63) is 63.9 Å². The van der Waals surface area contributed by atoms with Crippen LogP contribution in [0.1, 0.15) is 23.5 Å². The number of anilines is 1. The number of carbonyl (C=O) groups is 1. The van der Waals surface area contributed by atoms with Gasteiger partial charge in [-0.15, -0.1) is 24.0 Å². The van der Waals surface area contributed by atoms with E-state index in [2.05, 4.69) is 36.9 Å². The van der Waals surface area contributed by atoms with Gasteiger partial charge in [-0.05, 0) is 41.8 Å². The third-order valence-corrected chi connectivity index (χ3v) is 5.03. The van der Waals surface area contributed by atoms with Crippen molar-refractivity contribution in [2.75, 3.05) is 25.5 Å². The van der Waals surface area contributed by atoms with E-state index >= 15 is 0 Å². The number of aliphatic imine (C=N–C) groups is 1. The highest BCUT2D eigenvalue weighted by atomic mass is 127. The molecule has 1 aliphatic heterocycles. The molecule has 1 atom stereocenters. The van der Waals surface area contributed by atoms with E-state index in [-0.39, 0.29) is 41.6 Å². The van der Waals surface area contributed by atoms with Crippen LogP contribution in [0.25, 0.3) is 0 Å². The van der Waals surface area contributed by atoms with Gasteiger partial charge >= 0.3 is 0 Å². The molecule has 150 valence electrons. The van der Waals surface area contributed by atoms with Gasteiger partial charge in [-0.3, -0.25) is 9.79 Å². The van der Waals surface area contributed by atoms with E-state index in [0.29, 0.717) is 37.5 Å². The molecule has 3 rings (SSSR count). The number of para-hydroxylation sites is 1. The highest BCUT2D eigenvalue weighted by Gasteiger charge is 2.24. The fourth-order valence-corrected chi connectivity index (χ4v) is 3.58. The number of carbonyl (C=O) groups excluding carboxylic acids is 1. The number of fused-ring (bicyclic) bond motifs is 1. The molecule has 0 saturated carbocycles. The maximum absolute atomic E-state index is 13.8. The van der Waals surface area contributed by atoms with Gasteiger partial charge in [0.15, 0.2) is 5.96 Å². The summed E-state index contributed by atoms with van der Waals surface area (Å²) in [5.41, 5.74) is 2.63. The van der Waals surface area contributed by atoms with Gasteiger partial charge in [-0.1, -0.05) is 34.1 Å². The van der Waals surface area contributed by atoms with E-state index in [0.717, 1.165) is 15.7 Å². The number of halogens is 3. The van der Waals surface area contributed by atoms with Gasteiger partial charge in [-0.2, -0.15) is 0 Å². The average molecular weight is 561 g/mol. The maximum atomic E-state index is 13.8. The van der Waals surface area contributed by atoms with Gasteiger partial charge in [0, 0.05) is 42.6 Å². The summed E-state index contributed by atoms with van der Waals surface area (Å²) in [6.07, 6.45) is 0.977. The Balaban J connectivity index is 0.00000280. The second-order valence-electron chi connectivity index (χ2n) is 6.40. The normalized spacial score (nSPS) is 15.9. The lowest BCUT2D eigenvalue weighted by atomic mass is 9.90. The number of nitrogens with one attached hydrogen (secondary N) is 3. The van der Waals surface area contributed by atoms with Crippen molar-refractivity contribution in [1.82, 2.24) is 10.6 Å². The van der Waals surface area contributed by atoms with Crippen LogP contribution in [-0.2, 0) is 11.2 Å². The van der Waals surface area contributed by atoms with Gasteiger partial charge in [0.1, 0.15) is 5.82 Å². The van der Waals surface area contributed by atoms with E-state index in [1.807, 2.05) is 24.3 Å². The van der Waals surface area contributed by atoms with E-state index in [4.69, 9.17) is 0 Å². The van der Waals surface area contributed by atoms with Gasteiger partial charge in [0.2, 0.25) is 5.91 Å². The van der Waals surface area contributed by atoms with Crippen LogP contribution in [0.5, 0.6) is 0 Å². The van der Waals surface area contributed by atoms with Crippen molar-refractivity contribution in [1.29, 1.82) is 0 Å². The Morgan fingerprint density at radius 3 is 2.86 bits per heavy atom. The summed E-state index contributed by atoms with van der Waals surface area (Å²) < 4.78 is 14.7. The van der Waals surface area contributed by atoms with Crippen molar-refractivity contribution in [3.63, 3.8) is 0 Å². The third kappa shape index (κ3) is 5.91. The summed E-state index contributed by atoms with van der Waals surface area (Å²) >= 11 is 3.36. The fourth-order valence-electron chi connectivity index (χ4n) is 3.17.